The van der Waals surface area contributed by atoms with Crippen LogP contribution in [0.1, 0.15) is 5.56 Å². The summed E-state index contributed by atoms with van der Waals surface area (Å²) in [5, 5.41) is 5.65. The van der Waals surface area contributed by atoms with Crippen molar-refractivity contribution in [1.82, 2.24) is 4.90 Å². The minimum Gasteiger partial charge on any atom is -0.457 e. The standard InChI is InChI=1S/C24H25N3O3/c1-18-8-10-19(11-9-18)25-23(28)16-27(2)17-24(29)26-20-12-14-22(15-13-20)30-21-6-4-3-5-7-21/h3-15H,16-17H2,1-2H3,(H,25,28)(H,26,29). The molecule has 0 atom stereocenters. The highest BCUT2D eigenvalue weighted by molar-refractivity contribution is 5.94. The van der Waals surface area contributed by atoms with E-state index < -0.39 is 0 Å². The van der Waals surface area contributed by atoms with Crippen molar-refractivity contribution in [3.8, 4) is 11.5 Å². The Morgan fingerprint density at radius 3 is 1.73 bits per heavy atom. The highest BCUT2D eigenvalue weighted by Gasteiger charge is 2.11. The summed E-state index contributed by atoms with van der Waals surface area (Å²) in [5.74, 6) is 1.07. The van der Waals surface area contributed by atoms with Crippen LogP contribution in [0, 0.1) is 6.92 Å². The molecule has 3 aromatic rings. The molecule has 0 heterocycles. The van der Waals surface area contributed by atoms with Crippen molar-refractivity contribution in [2.75, 3.05) is 30.8 Å². The van der Waals surface area contributed by atoms with E-state index in [2.05, 4.69) is 10.6 Å². The summed E-state index contributed by atoms with van der Waals surface area (Å²) >= 11 is 0. The first-order valence-electron chi connectivity index (χ1n) is 9.66. The zero-order valence-electron chi connectivity index (χ0n) is 17.1. The maximum absolute atomic E-state index is 12.3. The Morgan fingerprint density at radius 2 is 1.20 bits per heavy atom. The van der Waals surface area contributed by atoms with E-state index in [-0.39, 0.29) is 24.9 Å². The van der Waals surface area contributed by atoms with Gasteiger partial charge in [-0.25, -0.2) is 0 Å². The lowest BCUT2D eigenvalue weighted by atomic mass is 10.2. The van der Waals surface area contributed by atoms with Crippen LogP contribution < -0.4 is 15.4 Å². The van der Waals surface area contributed by atoms with Gasteiger partial charge in [0.1, 0.15) is 11.5 Å². The average molecular weight is 403 g/mol. The second kappa shape index (κ2) is 10.2. The first kappa shape index (κ1) is 21.1. The van der Waals surface area contributed by atoms with Crippen LogP contribution in [0.15, 0.2) is 78.9 Å². The molecule has 0 fully saturated rings. The van der Waals surface area contributed by atoms with Gasteiger partial charge in [-0.3, -0.25) is 14.5 Å². The summed E-state index contributed by atoms with van der Waals surface area (Å²) in [6.45, 7) is 2.20. The molecule has 6 heteroatoms. The maximum Gasteiger partial charge on any atom is 0.238 e. The van der Waals surface area contributed by atoms with E-state index in [1.165, 1.54) is 0 Å². The highest BCUT2D eigenvalue weighted by atomic mass is 16.5. The first-order chi connectivity index (χ1) is 14.5. The first-order valence-corrected chi connectivity index (χ1v) is 9.66. The fourth-order valence-electron chi connectivity index (χ4n) is 2.82. The van der Waals surface area contributed by atoms with Crippen molar-refractivity contribution in [2.45, 2.75) is 6.92 Å². The van der Waals surface area contributed by atoms with Crippen LogP contribution in [-0.4, -0.2) is 36.9 Å². The molecule has 154 valence electrons. The van der Waals surface area contributed by atoms with Gasteiger partial charge in [-0.2, -0.15) is 0 Å². The lowest BCUT2D eigenvalue weighted by molar-refractivity contribution is -0.119. The number of rotatable bonds is 8. The minimum absolute atomic E-state index is 0.101. The number of para-hydroxylation sites is 1. The summed E-state index contributed by atoms with van der Waals surface area (Å²) in [7, 11) is 1.73. The zero-order chi connectivity index (χ0) is 21.3. The van der Waals surface area contributed by atoms with Gasteiger partial charge in [-0.1, -0.05) is 35.9 Å². The molecule has 3 aromatic carbocycles. The predicted octanol–water partition coefficient (Wildman–Crippen LogP) is 4.30. The number of carbonyl (C=O) groups excluding carboxylic acids is 2. The molecule has 0 aliphatic carbocycles. The molecule has 30 heavy (non-hydrogen) atoms. The number of nitrogens with zero attached hydrogens (tertiary/aromatic N) is 1. The molecule has 0 saturated carbocycles. The predicted molar refractivity (Wildman–Crippen MR) is 119 cm³/mol. The SMILES string of the molecule is Cc1ccc(NC(=O)CN(C)CC(=O)Nc2ccc(Oc3ccccc3)cc2)cc1. The Bertz CT molecular complexity index is 971. The second-order valence-corrected chi connectivity index (χ2v) is 7.07. The zero-order valence-corrected chi connectivity index (χ0v) is 17.1. The molecular formula is C24H25N3O3. The third-order valence-electron chi connectivity index (χ3n) is 4.28. The van der Waals surface area contributed by atoms with Gasteiger partial charge < -0.3 is 15.4 Å². The van der Waals surface area contributed by atoms with Crippen molar-refractivity contribution >= 4 is 23.2 Å². The summed E-state index contributed by atoms with van der Waals surface area (Å²) < 4.78 is 5.74. The largest absolute Gasteiger partial charge is 0.457 e. The third kappa shape index (κ3) is 6.76. The topological polar surface area (TPSA) is 70.7 Å². The number of ether oxygens (including phenoxy) is 1. The van der Waals surface area contributed by atoms with Gasteiger partial charge in [0, 0.05) is 11.4 Å². The number of amides is 2. The Balaban J connectivity index is 1.44. The Morgan fingerprint density at radius 1 is 0.733 bits per heavy atom. The van der Waals surface area contributed by atoms with E-state index >= 15 is 0 Å². The van der Waals surface area contributed by atoms with E-state index in [1.54, 1.807) is 36.2 Å². The van der Waals surface area contributed by atoms with Crippen molar-refractivity contribution in [2.24, 2.45) is 0 Å². The van der Waals surface area contributed by atoms with Crippen LogP contribution in [-0.2, 0) is 9.59 Å². The lowest BCUT2D eigenvalue weighted by Gasteiger charge is -2.16. The van der Waals surface area contributed by atoms with E-state index in [9.17, 15) is 9.59 Å². The monoisotopic (exact) mass is 403 g/mol. The van der Waals surface area contributed by atoms with E-state index in [4.69, 9.17) is 4.74 Å². The third-order valence-corrected chi connectivity index (χ3v) is 4.28. The van der Waals surface area contributed by atoms with Gasteiger partial charge in [0.2, 0.25) is 11.8 Å². The molecule has 0 bridgehead atoms. The van der Waals surface area contributed by atoms with Crippen LogP contribution in [0.25, 0.3) is 0 Å². The fourth-order valence-corrected chi connectivity index (χ4v) is 2.82. The van der Waals surface area contributed by atoms with Crippen LogP contribution in [0.2, 0.25) is 0 Å². The molecule has 0 unspecified atom stereocenters. The number of hydrogen-bond donors (Lipinski definition) is 2. The number of benzene rings is 3. The van der Waals surface area contributed by atoms with E-state index in [0.717, 1.165) is 17.0 Å². The number of aryl methyl sites for hydroxylation is 1. The Labute approximate surface area is 176 Å². The van der Waals surface area contributed by atoms with Crippen LogP contribution in [0.3, 0.4) is 0 Å². The van der Waals surface area contributed by atoms with Gasteiger partial charge in [0.15, 0.2) is 0 Å². The molecule has 0 aliphatic heterocycles. The molecule has 0 spiro atoms. The molecule has 2 amide bonds. The summed E-state index contributed by atoms with van der Waals surface area (Å²) in [4.78, 5) is 26.1. The Kier molecular flexibility index (Phi) is 7.19. The van der Waals surface area contributed by atoms with Crippen LogP contribution in [0.4, 0.5) is 11.4 Å². The fraction of sp³-hybridized carbons (Fsp3) is 0.167. The summed E-state index contributed by atoms with van der Waals surface area (Å²) in [6.07, 6.45) is 0. The quantitative estimate of drug-likeness (QED) is 0.588. The molecule has 0 aliphatic rings. The van der Waals surface area contributed by atoms with E-state index in [1.807, 2.05) is 61.5 Å². The van der Waals surface area contributed by atoms with Gasteiger partial charge in [-0.05, 0) is 62.5 Å². The van der Waals surface area contributed by atoms with Crippen molar-refractivity contribution in [1.29, 1.82) is 0 Å². The summed E-state index contributed by atoms with van der Waals surface area (Å²) in [6, 6.07) is 24.2. The Hall–Kier alpha value is -3.64. The molecule has 0 radical (unpaired) electrons. The number of hydrogen-bond acceptors (Lipinski definition) is 4. The summed E-state index contributed by atoms with van der Waals surface area (Å²) in [5.41, 5.74) is 2.53. The average Bonchev–Trinajstić information content (AvgIpc) is 2.71. The molecule has 0 aromatic heterocycles. The maximum atomic E-state index is 12.3. The number of carbonyl (C=O) groups is 2. The molecule has 2 N–H and O–H groups in total. The van der Waals surface area contributed by atoms with Gasteiger partial charge in [0.25, 0.3) is 0 Å². The lowest BCUT2D eigenvalue weighted by Crippen LogP contribution is -2.36. The number of likely N-dealkylation sites (N-methyl/N-ethyl adjacent to an activating group) is 1. The normalized spacial score (nSPS) is 10.5. The van der Waals surface area contributed by atoms with E-state index in [0.29, 0.717) is 11.4 Å². The molecule has 6 nitrogen and oxygen atoms in total. The van der Waals surface area contributed by atoms with Crippen molar-refractivity contribution in [3.63, 3.8) is 0 Å². The number of anilines is 2. The smallest absolute Gasteiger partial charge is 0.238 e. The second-order valence-electron chi connectivity index (χ2n) is 7.07. The van der Waals surface area contributed by atoms with Crippen molar-refractivity contribution in [3.05, 3.63) is 84.4 Å². The molecule has 0 saturated heterocycles. The minimum atomic E-state index is -0.197. The highest BCUT2D eigenvalue weighted by Crippen LogP contribution is 2.22. The van der Waals surface area contributed by atoms with Gasteiger partial charge >= 0.3 is 0 Å². The molecular weight excluding hydrogens is 378 g/mol. The van der Waals surface area contributed by atoms with Crippen molar-refractivity contribution < 1.29 is 14.3 Å². The molecule has 3 rings (SSSR count). The number of nitrogens with one attached hydrogen (secondary N) is 2. The van der Waals surface area contributed by atoms with Gasteiger partial charge in [0.05, 0.1) is 13.1 Å². The van der Waals surface area contributed by atoms with Crippen LogP contribution >= 0.6 is 0 Å². The van der Waals surface area contributed by atoms with Gasteiger partial charge in [-0.15, -0.1) is 0 Å². The van der Waals surface area contributed by atoms with Crippen LogP contribution in [0.5, 0.6) is 11.5 Å².